The van der Waals surface area contributed by atoms with Crippen molar-refractivity contribution in [2.45, 2.75) is 36.5 Å². The zero-order valence-corrected chi connectivity index (χ0v) is 17.4. The highest BCUT2D eigenvalue weighted by Gasteiger charge is 2.68. The summed E-state index contributed by atoms with van der Waals surface area (Å²) in [6.07, 6.45) is 0.528. The molecule has 3 saturated carbocycles. The van der Waals surface area contributed by atoms with Gasteiger partial charge >= 0.3 is 6.18 Å². The molecular weight excluding hydrogens is 445 g/mol. The minimum Gasteiger partial charge on any atom is -0.482 e. The number of benzene rings is 1. The number of amides is 1. The van der Waals surface area contributed by atoms with Crippen molar-refractivity contribution in [2.24, 2.45) is 0 Å². The van der Waals surface area contributed by atoms with Crippen molar-refractivity contribution in [2.75, 3.05) is 11.9 Å². The third-order valence-electron chi connectivity index (χ3n) is 5.94. The second-order valence-electron chi connectivity index (χ2n) is 8.45. The lowest BCUT2D eigenvalue weighted by molar-refractivity contribution is -0.141. The van der Waals surface area contributed by atoms with Crippen molar-refractivity contribution in [3.63, 3.8) is 0 Å². The molecule has 1 amide bonds. The second-order valence-corrected chi connectivity index (χ2v) is 8.89. The minimum absolute atomic E-state index is 0.0700. The molecule has 10 heteroatoms. The average Bonchev–Trinajstić information content (AvgIpc) is 2.69. The van der Waals surface area contributed by atoms with E-state index < -0.39 is 11.9 Å². The second kappa shape index (κ2) is 7.23. The Labute approximate surface area is 186 Å². The number of hydrogen-bond acceptors (Lipinski definition) is 5. The smallest absolute Gasteiger partial charge is 0.433 e. The Morgan fingerprint density at radius 1 is 1.09 bits per heavy atom. The van der Waals surface area contributed by atoms with E-state index in [4.69, 9.17) is 16.3 Å². The van der Waals surface area contributed by atoms with Gasteiger partial charge < -0.3 is 15.4 Å². The summed E-state index contributed by atoms with van der Waals surface area (Å²) in [6.45, 7) is -0.287. The van der Waals surface area contributed by atoms with Gasteiger partial charge in [0.2, 0.25) is 0 Å². The van der Waals surface area contributed by atoms with E-state index in [1.54, 1.807) is 6.20 Å². The molecule has 0 unspecified atom stereocenters. The summed E-state index contributed by atoms with van der Waals surface area (Å²) < 4.78 is 42.9. The minimum atomic E-state index is -4.51. The van der Waals surface area contributed by atoms with Crippen LogP contribution in [0.15, 0.2) is 48.8 Å². The highest BCUT2D eigenvalue weighted by Crippen LogP contribution is 2.62. The summed E-state index contributed by atoms with van der Waals surface area (Å²) in [5, 5.41) is 8.19. The van der Waals surface area contributed by atoms with Crippen molar-refractivity contribution in [3.05, 3.63) is 59.5 Å². The van der Waals surface area contributed by atoms with E-state index in [-0.39, 0.29) is 29.3 Å². The van der Waals surface area contributed by atoms with Crippen LogP contribution in [0.3, 0.4) is 0 Å². The Morgan fingerprint density at radius 3 is 2.56 bits per heavy atom. The van der Waals surface area contributed by atoms with Gasteiger partial charge in [0.05, 0.1) is 11.7 Å². The third kappa shape index (κ3) is 3.81. The maximum atomic E-state index is 12.5. The van der Waals surface area contributed by atoms with Crippen LogP contribution in [-0.4, -0.2) is 33.6 Å². The molecule has 0 aliphatic heterocycles. The predicted octanol–water partition coefficient (Wildman–Crippen LogP) is 4.58. The van der Waals surface area contributed by atoms with Crippen LogP contribution < -0.4 is 15.4 Å². The molecule has 3 aliphatic rings. The summed E-state index contributed by atoms with van der Waals surface area (Å²) in [5.74, 6) is -0.212. The summed E-state index contributed by atoms with van der Waals surface area (Å²) in [7, 11) is 0. The summed E-state index contributed by atoms with van der Waals surface area (Å²) >= 11 is 6.05. The molecule has 0 atom stereocenters. The third-order valence-corrected chi connectivity index (χ3v) is 6.17. The van der Waals surface area contributed by atoms with Gasteiger partial charge in [0.1, 0.15) is 11.4 Å². The van der Waals surface area contributed by atoms with E-state index in [0.29, 0.717) is 5.02 Å². The Kier molecular flexibility index (Phi) is 4.70. The molecule has 166 valence electrons. The summed E-state index contributed by atoms with van der Waals surface area (Å²) in [4.78, 5) is 19.9. The summed E-state index contributed by atoms with van der Waals surface area (Å²) in [6, 6.07) is 9.47. The fourth-order valence-electron chi connectivity index (χ4n) is 4.68. The molecule has 2 aromatic heterocycles. The molecule has 0 saturated heterocycles. The van der Waals surface area contributed by atoms with Crippen LogP contribution >= 0.6 is 11.6 Å². The molecule has 3 aromatic rings. The molecule has 1 aromatic carbocycles. The molecule has 6 rings (SSSR count). The van der Waals surface area contributed by atoms with E-state index in [0.717, 1.165) is 54.2 Å². The number of ether oxygens (including phenoxy) is 1. The molecule has 6 nitrogen and oxygen atoms in total. The Hall–Kier alpha value is -3.07. The van der Waals surface area contributed by atoms with Crippen LogP contribution in [0.1, 0.15) is 25.0 Å². The number of carbonyl (C=O) groups excluding carboxylic acids is 1. The first-order chi connectivity index (χ1) is 15.2. The maximum Gasteiger partial charge on any atom is 0.433 e. The number of aromatic nitrogens is 2. The van der Waals surface area contributed by atoms with Gasteiger partial charge in [-0.3, -0.25) is 9.78 Å². The highest BCUT2D eigenvalue weighted by atomic mass is 35.5. The number of fused-ring (bicyclic) bond motifs is 1. The van der Waals surface area contributed by atoms with Gasteiger partial charge in [0.15, 0.2) is 6.61 Å². The van der Waals surface area contributed by atoms with Crippen LogP contribution in [-0.2, 0) is 11.0 Å². The first-order valence-corrected chi connectivity index (χ1v) is 10.3. The first kappa shape index (κ1) is 20.8. The van der Waals surface area contributed by atoms with Crippen molar-refractivity contribution in [1.82, 2.24) is 15.3 Å². The molecule has 2 bridgehead atoms. The van der Waals surface area contributed by atoms with Gasteiger partial charge in [-0.15, -0.1) is 0 Å². The number of pyridine rings is 2. The number of hydrogen-bond donors (Lipinski definition) is 2. The number of alkyl halides is 3. The van der Waals surface area contributed by atoms with Crippen molar-refractivity contribution in [3.8, 4) is 5.75 Å². The number of halogens is 4. The Morgan fingerprint density at radius 2 is 1.88 bits per heavy atom. The molecule has 0 radical (unpaired) electrons. The van der Waals surface area contributed by atoms with Gasteiger partial charge in [0.25, 0.3) is 5.91 Å². The fourth-order valence-corrected chi connectivity index (χ4v) is 4.85. The zero-order chi connectivity index (χ0) is 22.6. The number of rotatable bonds is 6. The highest BCUT2D eigenvalue weighted by molar-refractivity contribution is 6.31. The van der Waals surface area contributed by atoms with E-state index >= 15 is 0 Å². The fraction of sp³-hybridized carbons (Fsp3) is 0.318. The Bertz CT molecular complexity index is 1180. The topological polar surface area (TPSA) is 76.1 Å². The standard InChI is InChI=1S/C22H18ClF3N4O2/c23-13-1-3-15-16(5-6-27-17(15)7-13)29-20-10-21(11-20,12-20)30-19(31)9-32-14-2-4-18(28-8-14)22(24,25)26/h1-8H,9-12H2,(H,27,29)(H,30,31). The van der Waals surface area contributed by atoms with Crippen LogP contribution in [0.25, 0.3) is 10.9 Å². The van der Waals surface area contributed by atoms with E-state index in [2.05, 4.69) is 20.6 Å². The molecule has 32 heavy (non-hydrogen) atoms. The number of carbonyl (C=O) groups is 1. The van der Waals surface area contributed by atoms with Crippen molar-refractivity contribution < 1.29 is 22.7 Å². The van der Waals surface area contributed by atoms with Crippen LogP contribution in [0.4, 0.5) is 18.9 Å². The molecular formula is C22H18ClF3N4O2. The quantitative estimate of drug-likeness (QED) is 0.560. The molecule has 0 spiro atoms. The van der Waals surface area contributed by atoms with Gasteiger partial charge in [-0.2, -0.15) is 13.2 Å². The van der Waals surface area contributed by atoms with E-state index in [9.17, 15) is 18.0 Å². The summed E-state index contributed by atoms with van der Waals surface area (Å²) in [5.41, 5.74) is 0.444. The lowest BCUT2D eigenvalue weighted by Gasteiger charge is -2.70. The lowest BCUT2D eigenvalue weighted by atomic mass is 9.44. The van der Waals surface area contributed by atoms with Crippen molar-refractivity contribution in [1.29, 1.82) is 0 Å². The maximum absolute atomic E-state index is 12.5. The van der Waals surface area contributed by atoms with Crippen LogP contribution in [0.5, 0.6) is 5.75 Å². The lowest BCUT2D eigenvalue weighted by Crippen LogP contribution is -2.81. The number of anilines is 1. The van der Waals surface area contributed by atoms with Gasteiger partial charge in [-0.1, -0.05) is 11.6 Å². The molecule has 2 N–H and O–H groups in total. The van der Waals surface area contributed by atoms with Gasteiger partial charge in [0, 0.05) is 33.4 Å². The number of nitrogens with one attached hydrogen (secondary N) is 2. The van der Waals surface area contributed by atoms with Crippen LogP contribution in [0.2, 0.25) is 5.02 Å². The van der Waals surface area contributed by atoms with E-state index in [1.165, 1.54) is 0 Å². The van der Waals surface area contributed by atoms with Gasteiger partial charge in [-0.05, 0) is 55.7 Å². The average molecular weight is 463 g/mol. The molecule has 2 heterocycles. The zero-order valence-electron chi connectivity index (χ0n) is 16.7. The first-order valence-electron chi connectivity index (χ1n) is 9.95. The molecule has 3 fully saturated rings. The predicted molar refractivity (Wildman–Crippen MR) is 113 cm³/mol. The molecule has 3 aliphatic carbocycles. The largest absolute Gasteiger partial charge is 0.482 e. The van der Waals surface area contributed by atoms with Crippen molar-refractivity contribution >= 4 is 34.1 Å². The number of nitrogens with zero attached hydrogens (tertiary/aromatic N) is 2. The Balaban J connectivity index is 1.13. The normalized spacial score (nSPS) is 23.8. The monoisotopic (exact) mass is 462 g/mol. The van der Waals surface area contributed by atoms with Crippen LogP contribution in [0, 0.1) is 0 Å². The van der Waals surface area contributed by atoms with E-state index in [1.807, 2.05) is 24.3 Å². The van der Waals surface area contributed by atoms with Gasteiger partial charge in [-0.25, -0.2) is 4.98 Å². The SMILES string of the molecule is O=C(COc1ccc(C(F)(F)F)nc1)NC12CC(Nc3ccnc4cc(Cl)ccc34)(C1)C2.